The Bertz CT molecular complexity index is 681. The third-order valence-electron chi connectivity index (χ3n) is 4.59. The molecule has 0 aromatic heterocycles. The average Bonchev–Trinajstić information content (AvgIpc) is 3.26. The highest BCUT2D eigenvalue weighted by Crippen LogP contribution is 2.41. The summed E-state index contributed by atoms with van der Waals surface area (Å²) in [5, 5.41) is 7.16. The van der Waals surface area contributed by atoms with Crippen molar-refractivity contribution in [3.05, 3.63) is 29.8 Å². The summed E-state index contributed by atoms with van der Waals surface area (Å²) in [5.41, 5.74) is 2.22. The number of fused-ring (bicyclic) bond motifs is 3. The van der Waals surface area contributed by atoms with Crippen LogP contribution in [-0.4, -0.2) is 45.5 Å². The van der Waals surface area contributed by atoms with E-state index in [-0.39, 0.29) is 17.2 Å². The minimum absolute atomic E-state index is 0.131. The number of hydrogen-bond donors (Lipinski definition) is 0. The standard InChI is InChI=1S/C17H20N4OS/c1-12(16(22)20-10-4-5-11-20)23-17-19-14-7-3-2-6-13(14)15-8-9-18-21(15)17/h2-3,6-7,9,12,15H,4-5,8,10-11H2,1H3/t12-,15+/m0/s1. The first-order chi connectivity index (χ1) is 11.2. The fourth-order valence-electron chi connectivity index (χ4n) is 3.37. The summed E-state index contributed by atoms with van der Waals surface area (Å²) in [6.07, 6.45) is 5.08. The molecule has 3 heterocycles. The number of aliphatic imine (C=N–C) groups is 1. The second-order valence-corrected chi connectivity index (χ2v) is 7.45. The van der Waals surface area contributed by atoms with E-state index in [4.69, 9.17) is 4.99 Å². The number of carbonyl (C=O) groups excluding carboxylic acids is 1. The molecule has 0 aliphatic carbocycles. The molecule has 3 aliphatic heterocycles. The molecule has 120 valence electrons. The molecular weight excluding hydrogens is 308 g/mol. The van der Waals surface area contributed by atoms with E-state index in [9.17, 15) is 4.79 Å². The predicted octanol–water partition coefficient (Wildman–Crippen LogP) is 3.16. The zero-order valence-electron chi connectivity index (χ0n) is 13.2. The van der Waals surface area contributed by atoms with Crippen molar-refractivity contribution in [3.63, 3.8) is 0 Å². The molecule has 0 saturated carbocycles. The second-order valence-electron chi connectivity index (χ2n) is 6.14. The molecule has 1 amide bonds. The minimum atomic E-state index is -0.131. The van der Waals surface area contributed by atoms with Crippen molar-refractivity contribution in [2.75, 3.05) is 13.1 Å². The largest absolute Gasteiger partial charge is 0.342 e. The van der Waals surface area contributed by atoms with Gasteiger partial charge in [0.1, 0.15) is 0 Å². The maximum atomic E-state index is 12.5. The van der Waals surface area contributed by atoms with Gasteiger partial charge in [-0.15, -0.1) is 0 Å². The third kappa shape index (κ3) is 2.65. The molecule has 2 atom stereocenters. The summed E-state index contributed by atoms with van der Waals surface area (Å²) in [6.45, 7) is 3.76. The number of benzene rings is 1. The average molecular weight is 328 g/mol. The van der Waals surface area contributed by atoms with Crippen molar-refractivity contribution >= 4 is 34.7 Å². The van der Waals surface area contributed by atoms with Gasteiger partial charge in [0, 0.05) is 31.3 Å². The molecule has 5 nitrogen and oxygen atoms in total. The summed E-state index contributed by atoms with van der Waals surface area (Å²) in [4.78, 5) is 19.3. The van der Waals surface area contributed by atoms with Crippen molar-refractivity contribution in [2.45, 2.75) is 37.5 Å². The van der Waals surface area contributed by atoms with Crippen LogP contribution in [0.3, 0.4) is 0 Å². The molecule has 0 N–H and O–H groups in total. The number of likely N-dealkylation sites (tertiary alicyclic amines) is 1. The lowest BCUT2D eigenvalue weighted by molar-refractivity contribution is -0.129. The number of amides is 1. The Labute approximate surface area is 140 Å². The van der Waals surface area contributed by atoms with Gasteiger partial charge in [0.25, 0.3) is 0 Å². The van der Waals surface area contributed by atoms with Gasteiger partial charge < -0.3 is 4.90 Å². The van der Waals surface area contributed by atoms with Crippen molar-refractivity contribution in [3.8, 4) is 0 Å². The number of rotatable bonds is 2. The number of thioether (sulfide) groups is 1. The number of carbonyl (C=O) groups is 1. The molecule has 1 aromatic rings. The Kier molecular flexibility index (Phi) is 3.85. The Hall–Kier alpha value is -1.82. The van der Waals surface area contributed by atoms with Crippen LogP contribution in [0, 0.1) is 0 Å². The molecule has 3 aliphatic rings. The molecule has 0 unspecified atom stereocenters. The zero-order valence-corrected chi connectivity index (χ0v) is 14.0. The summed E-state index contributed by atoms with van der Waals surface area (Å²) >= 11 is 1.53. The quantitative estimate of drug-likeness (QED) is 0.838. The molecule has 4 rings (SSSR count). The topological polar surface area (TPSA) is 48.3 Å². The van der Waals surface area contributed by atoms with Gasteiger partial charge >= 0.3 is 0 Å². The molecule has 6 heteroatoms. The van der Waals surface area contributed by atoms with Gasteiger partial charge in [0.2, 0.25) is 5.91 Å². The van der Waals surface area contributed by atoms with E-state index < -0.39 is 0 Å². The smallest absolute Gasteiger partial charge is 0.235 e. The molecule has 0 bridgehead atoms. The number of para-hydroxylation sites is 1. The van der Waals surface area contributed by atoms with Crippen LogP contribution in [0.2, 0.25) is 0 Å². The molecule has 0 radical (unpaired) electrons. The lowest BCUT2D eigenvalue weighted by Crippen LogP contribution is -2.36. The fraction of sp³-hybridized carbons (Fsp3) is 0.471. The molecule has 1 aromatic carbocycles. The number of hydrogen-bond acceptors (Lipinski definition) is 5. The van der Waals surface area contributed by atoms with Gasteiger partial charge in [0.15, 0.2) is 5.17 Å². The van der Waals surface area contributed by atoms with Crippen LogP contribution < -0.4 is 0 Å². The number of amidine groups is 1. The summed E-state index contributed by atoms with van der Waals surface area (Å²) in [6, 6.07) is 8.43. The maximum Gasteiger partial charge on any atom is 0.235 e. The van der Waals surface area contributed by atoms with E-state index in [1.54, 1.807) is 0 Å². The van der Waals surface area contributed by atoms with Gasteiger partial charge in [-0.3, -0.25) is 4.79 Å². The second kappa shape index (κ2) is 6.00. The highest BCUT2D eigenvalue weighted by molar-refractivity contribution is 8.14. The SMILES string of the molecule is C[C@H](SC1=Nc2ccccc2[C@H]2CC=NN12)C(=O)N1CCCC1. The highest BCUT2D eigenvalue weighted by atomic mass is 32.2. The predicted molar refractivity (Wildman–Crippen MR) is 94.1 cm³/mol. The van der Waals surface area contributed by atoms with Gasteiger partial charge in [-0.05, 0) is 25.8 Å². The first kappa shape index (κ1) is 14.8. The monoisotopic (exact) mass is 328 g/mol. The van der Waals surface area contributed by atoms with Crippen LogP contribution in [0.5, 0.6) is 0 Å². The van der Waals surface area contributed by atoms with E-state index >= 15 is 0 Å². The molecular formula is C17H20N4OS. The van der Waals surface area contributed by atoms with E-state index in [1.807, 2.05) is 41.2 Å². The van der Waals surface area contributed by atoms with Crippen molar-refractivity contribution in [1.82, 2.24) is 9.91 Å². The van der Waals surface area contributed by atoms with E-state index in [1.165, 1.54) is 17.3 Å². The Morgan fingerprint density at radius 3 is 2.91 bits per heavy atom. The number of nitrogens with zero attached hydrogens (tertiary/aromatic N) is 4. The van der Waals surface area contributed by atoms with Crippen molar-refractivity contribution in [1.29, 1.82) is 0 Å². The van der Waals surface area contributed by atoms with E-state index in [0.29, 0.717) is 0 Å². The van der Waals surface area contributed by atoms with Gasteiger partial charge in [-0.1, -0.05) is 30.0 Å². The van der Waals surface area contributed by atoms with Crippen LogP contribution in [0.4, 0.5) is 5.69 Å². The molecule has 1 saturated heterocycles. The van der Waals surface area contributed by atoms with Crippen LogP contribution in [-0.2, 0) is 4.79 Å². The summed E-state index contributed by atoms with van der Waals surface area (Å²) < 4.78 is 0. The van der Waals surface area contributed by atoms with Crippen LogP contribution >= 0.6 is 11.8 Å². The molecule has 1 fully saturated rings. The van der Waals surface area contributed by atoms with Gasteiger partial charge in [0.05, 0.1) is 17.0 Å². The fourth-order valence-corrected chi connectivity index (χ4v) is 4.37. The van der Waals surface area contributed by atoms with Gasteiger partial charge in [-0.25, -0.2) is 10.0 Å². The lowest BCUT2D eigenvalue weighted by atomic mass is 10.0. The Morgan fingerprint density at radius 2 is 2.09 bits per heavy atom. The lowest BCUT2D eigenvalue weighted by Gasteiger charge is -2.31. The molecule has 23 heavy (non-hydrogen) atoms. The first-order valence-corrected chi connectivity index (χ1v) is 9.07. The Morgan fingerprint density at radius 1 is 1.30 bits per heavy atom. The molecule has 0 spiro atoms. The summed E-state index contributed by atoms with van der Waals surface area (Å²) in [5.74, 6) is 0.216. The van der Waals surface area contributed by atoms with Crippen LogP contribution in [0.25, 0.3) is 0 Å². The normalized spacial score (nSPS) is 23.5. The van der Waals surface area contributed by atoms with E-state index in [2.05, 4.69) is 11.2 Å². The van der Waals surface area contributed by atoms with Crippen molar-refractivity contribution in [2.24, 2.45) is 10.1 Å². The first-order valence-electron chi connectivity index (χ1n) is 8.19. The van der Waals surface area contributed by atoms with Crippen LogP contribution in [0.1, 0.15) is 37.8 Å². The van der Waals surface area contributed by atoms with Crippen molar-refractivity contribution < 1.29 is 4.79 Å². The van der Waals surface area contributed by atoms with E-state index in [0.717, 1.165) is 43.2 Å². The Balaban J connectivity index is 1.57. The van der Waals surface area contributed by atoms with Crippen LogP contribution in [0.15, 0.2) is 34.4 Å². The zero-order chi connectivity index (χ0) is 15.8. The maximum absolute atomic E-state index is 12.5. The minimum Gasteiger partial charge on any atom is -0.342 e. The highest BCUT2D eigenvalue weighted by Gasteiger charge is 2.35. The third-order valence-corrected chi connectivity index (χ3v) is 5.63. The number of hydrazone groups is 1. The summed E-state index contributed by atoms with van der Waals surface area (Å²) in [7, 11) is 0. The van der Waals surface area contributed by atoms with Gasteiger partial charge in [-0.2, -0.15) is 5.10 Å².